The zero-order valence-electron chi connectivity index (χ0n) is 51.0. The van der Waals surface area contributed by atoms with E-state index < -0.39 is 6.10 Å². The van der Waals surface area contributed by atoms with Crippen LogP contribution in [0.15, 0.2) is 48.6 Å². The second-order valence-electron chi connectivity index (χ2n) is 22.7. The van der Waals surface area contributed by atoms with E-state index in [-0.39, 0.29) is 37.5 Å². The molecular formula is C70H128O6. The Morgan fingerprint density at radius 2 is 0.513 bits per heavy atom. The van der Waals surface area contributed by atoms with Crippen LogP contribution in [0.2, 0.25) is 0 Å². The molecule has 0 aromatic carbocycles. The average Bonchev–Trinajstić information content (AvgIpc) is 3.42. The molecule has 0 aliphatic rings. The lowest BCUT2D eigenvalue weighted by molar-refractivity contribution is -0.166. The molecule has 0 radical (unpaired) electrons. The third-order valence-corrected chi connectivity index (χ3v) is 15.1. The first-order chi connectivity index (χ1) is 37.5. The van der Waals surface area contributed by atoms with E-state index in [1.807, 2.05) is 6.08 Å². The Kier molecular flexibility index (Phi) is 62.6. The fourth-order valence-electron chi connectivity index (χ4n) is 10.1. The topological polar surface area (TPSA) is 78.9 Å². The van der Waals surface area contributed by atoms with Crippen molar-refractivity contribution in [2.75, 3.05) is 13.2 Å². The largest absolute Gasteiger partial charge is 0.462 e. The summed E-state index contributed by atoms with van der Waals surface area (Å²) < 4.78 is 16.9. The summed E-state index contributed by atoms with van der Waals surface area (Å²) in [6.45, 7) is 6.53. The summed E-state index contributed by atoms with van der Waals surface area (Å²) in [5.74, 6) is -0.950. The second-order valence-corrected chi connectivity index (χ2v) is 22.7. The highest BCUT2D eigenvalue weighted by Crippen LogP contribution is 2.18. The highest BCUT2D eigenvalue weighted by Gasteiger charge is 2.19. The van der Waals surface area contributed by atoms with Gasteiger partial charge >= 0.3 is 17.9 Å². The summed E-state index contributed by atoms with van der Waals surface area (Å²) in [4.78, 5) is 38.3. The zero-order chi connectivity index (χ0) is 55.0. The Morgan fingerprint density at radius 3 is 0.803 bits per heavy atom. The number of rotatable bonds is 62. The van der Waals surface area contributed by atoms with Crippen molar-refractivity contribution in [1.82, 2.24) is 0 Å². The summed E-state index contributed by atoms with van der Waals surface area (Å²) in [5, 5.41) is 0. The van der Waals surface area contributed by atoms with Crippen LogP contribution in [0.5, 0.6) is 0 Å². The van der Waals surface area contributed by atoms with Gasteiger partial charge in [0.1, 0.15) is 13.2 Å². The third kappa shape index (κ3) is 62.2. The van der Waals surface area contributed by atoms with Crippen molar-refractivity contribution in [1.29, 1.82) is 0 Å². The fraction of sp³-hybridized carbons (Fsp3) is 0.843. The maximum atomic E-state index is 12.9. The number of esters is 3. The van der Waals surface area contributed by atoms with Crippen LogP contribution in [0.3, 0.4) is 0 Å². The Labute approximate surface area is 473 Å². The molecule has 444 valence electrons. The van der Waals surface area contributed by atoms with Crippen LogP contribution < -0.4 is 0 Å². The minimum atomic E-state index is -0.799. The van der Waals surface area contributed by atoms with E-state index in [1.165, 1.54) is 250 Å². The van der Waals surface area contributed by atoms with Crippen LogP contribution in [-0.2, 0) is 28.6 Å². The van der Waals surface area contributed by atoms with Gasteiger partial charge < -0.3 is 14.2 Å². The number of ether oxygens (including phenoxy) is 3. The van der Waals surface area contributed by atoms with Gasteiger partial charge in [0.25, 0.3) is 0 Å². The van der Waals surface area contributed by atoms with E-state index in [1.54, 1.807) is 0 Å². The van der Waals surface area contributed by atoms with Gasteiger partial charge in [-0.15, -0.1) is 0 Å². The lowest BCUT2D eigenvalue weighted by atomic mass is 10.0. The normalized spacial score (nSPS) is 12.3. The van der Waals surface area contributed by atoms with Gasteiger partial charge in [0.2, 0.25) is 0 Å². The molecule has 0 aromatic heterocycles. The fourth-order valence-corrected chi connectivity index (χ4v) is 10.1. The molecule has 76 heavy (non-hydrogen) atoms. The molecule has 0 spiro atoms. The van der Waals surface area contributed by atoms with Gasteiger partial charge in [0.05, 0.1) is 0 Å². The highest BCUT2D eigenvalue weighted by molar-refractivity contribution is 5.71. The van der Waals surface area contributed by atoms with Gasteiger partial charge in [-0.25, -0.2) is 0 Å². The van der Waals surface area contributed by atoms with Crippen molar-refractivity contribution >= 4 is 17.9 Å². The van der Waals surface area contributed by atoms with Crippen LogP contribution >= 0.6 is 0 Å². The molecule has 1 unspecified atom stereocenters. The molecule has 6 nitrogen and oxygen atoms in total. The zero-order valence-corrected chi connectivity index (χ0v) is 51.0. The summed E-state index contributed by atoms with van der Waals surface area (Å²) >= 11 is 0. The lowest BCUT2D eigenvalue weighted by Crippen LogP contribution is -2.30. The number of unbranched alkanes of at least 4 members (excludes halogenated alkanes) is 43. The first-order valence-corrected chi connectivity index (χ1v) is 33.6. The number of hydrogen-bond acceptors (Lipinski definition) is 6. The molecule has 0 saturated carbocycles. The van der Waals surface area contributed by atoms with Gasteiger partial charge in [-0.3, -0.25) is 14.4 Å². The molecule has 0 heterocycles. The van der Waals surface area contributed by atoms with E-state index in [0.717, 1.165) is 64.2 Å². The first-order valence-electron chi connectivity index (χ1n) is 33.6. The minimum Gasteiger partial charge on any atom is -0.462 e. The summed E-state index contributed by atoms with van der Waals surface area (Å²) in [6.07, 6.45) is 81.6. The average molecular weight is 1070 g/mol. The van der Waals surface area contributed by atoms with E-state index in [4.69, 9.17) is 14.2 Å². The molecule has 6 heteroatoms. The van der Waals surface area contributed by atoms with Crippen LogP contribution in [-0.4, -0.2) is 37.2 Å². The standard InChI is InChI=1S/C70H128O6/c1-4-7-10-13-16-19-22-25-27-29-31-33-35-37-38-40-42-45-48-51-54-57-60-63-69(72)75-66-67(65-74-68(71)62-59-56-53-50-47-44-24-21-18-15-12-9-6-3)76-70(73)64-61-58-55-52-49-46-43-41-39-36-34-32-30-28-26-23-20-17-14-11-8-5-2/h9,12,18,21,44,47,53,56,67H,4-8,10-11,13-17,19-20,22-43,45-46,48-52,54-55,57-66H2,1-3H3/b12-9-,21-18-,47-44-,56-53-. The van der Waals surface area contributed by atoms with E-state index in [2.05, 4.69) is 63.3 Å². The van der Waals surface area contributed by atoms with Gasteiger partial charge in [0, 0.05) is 19.3 Å². The maximum Gasteiger partial charge on any atom is 0.306 e. The van der Waals surface area contributed by atoms with Crippen LogP contribution in [0, 0.1) is 0 Å². The van der Waals surface area contributed by atoms with Gasteiger partial charge in [-0.1, -0.05) is 345 Å². The van der Waals surface area contributed by atoms with E-state index in [0.29, 0.717) is 19.3 Å². The molecule has 1 atom stereocenters. The Bertz CT molecular complexity index is 1310. The SMILES string of the molecule is CC/C=C\C/C=C\C/C=C\C/C=C\CCC(=O)OCC(COC(=O)CCCCCCCCCCCCCCCCCCCCCCCCC)OC(=O)CCCCCCCCCCCCCCCCCCCCCCCC. The molecule has 0 aliphatic carbocycles. The molecule has 0 aliphatic heterocycles. The first kappa shape index (κ1) is 73.4. The highest BCUT2D eigenvalue weighted by atomic mass is 16.6. The van der Waals surface area contributed by atoms with E-state index >= 15 is 0 Å². The van der Waals surface area contributed by atoms with Crippen molar-refractivity contribution in [3.63, 3.8) is 0 Å². The minimum absolute atomic E-state index is 0.0898. The number of carbonyl (C=O) groups excluding carboxylic acids is 3. The van der Waals surface area contributed by atoms with Gasteiger partial charge in [-0.2, -0.15) is 0 Å². The predicted octanol–water partition coefficient (Wildman–Crippen LogP) is 22.9. The Morgan fingerprint density at radius 1 is 0.276 bits per heavy atom. The Balaban J connectivity index is 4.28. The van der Waals surface area contributed by atoms with Gasteiger partial charge in [-0.05, 0) is 44.9 Å². The molecule has 0 fully saturated rings. The molecule has 0 aromatic rings. The van der Waals surface area contributed by atoms with Crippen LogP contribution in [0.4, 0.5) is 0 Å². The van der Waals surface area contributed by atoms with Crippen LogP contribution in [0.25, 0.3) is 0 Å². The molecular weight excluding hydrogens is 937 g/mol. The molecule has 0 saturated heterocycles. The Hall–Kier alpha value is -2.63. The molecule has 0 amide bonds. The number of hydrogen-bond donors (Lipinski definition) is 0. The molecule has 0 rings (SSSR count). The van der Waals surface area contributed by atoms with Crippen molar-refractivity contribution in [3.05, 3.63) is 48.6 Å². The maximum absolute atomic E-state index is 12.9. The second kappa shape index (κ2) is 64.9. The van der Waals surface area contributed by atoms with Crippen molar-refractivity contribution in [3.8, 4) is 0 Å². The van der Waals surface area contributed by atoms with Crippen molar-refractivity contribution in [2.45, 2.75) is 367 Å². The predicted molar refractivity (Wildman–Crippen MR) is 330 cm³/mol. The third-order valence-electron chi connectivity index (χ3n) is 15.1. The number of carbonyl (C=O) groups is 3. The van der Waals surface area contributed by atoms with E-state index in [9.17, 15) is 14.4 Å². The number of allylic oxidation sites excluding steroid dienone is 8. The molecule has 0 N–H and O–H groups in total. The summed E-state index contributed by atoms with van der Waals surface area (Å²) in [5.41, 5.74) is 0. The van der Waals surface area contributed by atoms with Crippen molar-refractivity contribution in [2.24, 2.45) is 0 Å². The summed E-state index contributed by atoms with van der Waals surface area (Å²) in [7, 11) is 0. The monoisotopic (exact) mass is 1060 g/mol. The van der Waals surface area contributed by atoms with Gasteiger partial charge in [0.15, 0.2) is 6.10 Å². The summed E-state index contributed by atoms with van der Waals surface area (Å²) in [6, 6.07) is 0. The van der Waals surface area contributed by atoms with Crippen LogP contribution in [0.1, 0.15) is 361 Å². The lowest BCUT2D eigenvalue weighted by Gasteiger charge is -2.18. The molecule has 0 bridgehead atoms. The quantitative estimate of drug-likeness (QED) is 0.0261. The smallest absolute Gasteiger partial charge is 0.306 e. The van der Waals surface area contributed by atoms with Crippen molar-refractivity contribution < 1.29 is 28.6 Å².